The van der Waals surface area contributed by atoms with Gasteiger partial charge in [0.05, 0.1) is 29.1 Å². The zero-order chi connectivity index (χ0) is 22.5. The molecule has 0 bridgehead atoms. The van der Waals surface area contributed by atoms with Crippen molar-refractivity contribution >= 4 is 45.1 Å². The molecule has 1 aliphatic rings. The van der Waals surface area contributed by atoms with Crippen LogP contribution in [0.2, 0.25) is 0 Å². The maximum absolute atomic E-state index is 12.7. The highest BCUT2D eigenvalue weighted by Gasteiger charge is 2.21. The highest BCUT2D eigenvalue weighted by molar-refractivity contribution is 7.99. The molecule has 1 aliphatic heterocycles. The molecule has 0 unspecified atom stereocenters. The molecule has 0 aliphatic carbocycles. The number of benzene rings is 1. The van der Waals surface area contributed by atoms with Crippen LogP contribution < -0.4 is 0 Å². The number of para-hydroxylation sites is 1. The van der Waals surface area contributed by atoms with Gasteiger partial charge in [0.2, 0.25) is 11.8 Å². The molecular weight excluding hydrogens is 444 g/mol. The number of thiazole rings is 1. The van der Waals surface area contributed by atoms with E-state index < -0.39 is 0 Å². The van der Waals surface area contributed by atoms with Crippen LogP contribution in [0.4, 0.5) is 0 Å². The second-order valence-corrected chi connectivity index (χ2v) is 9.94. The Bertz CT molecular complexity index is 1060. The number of carbonyl (C=O) groups excluding carboxylic acids is 2. The lowest BCUT2D eigenvalue weighted by molar-refractivity contribution is -0.131. The molecule has 4 rings (SSSR count). The minimum Gasteiger partial charge on any atom is -0.338 e. The summed E-state index contributed by atoms with van der Waals surface area (Å²) in [5.41, 5.74) is 0.967. The van der Waals surface area contributed by atoms with Gasteiger partial charge in [-0.05, 0) is 31.9 Å². The fourth-order valence-electron chi connectivity index (χ4n) is 3.75. The lowest BCUT2D eigenvalue weighted by Crippen LogP contribution is -2.31. The summed E-state index contributed by atoms with van der Waals surface area (Å²) in [5.74, 6) is 1.26. The number of likely N-dealkylation sites (tertiary alicyclic amines) is 1. The summed E-state index contributed by atoms with van der Waals surface area (Å²) in [5, 5.41) is 10.3. The number of carbonyl (C=O) groups is 2. The molecule has 3 heterocycles. The van der Waals surface area contributed by atoms with Gasteiger partial charge in [0.15, 0.2) is 11.0 Å². The monoisotopic (exact) mass is 472 g/mol. The van der Waals surface area contributed by atoms with Crippen LogP contribution in [-0.2, 0) is 29.2 Å². The van der Waals surface area contributed by atoms with Gasteiger partial charge >= 0.3 is 0 Å². The van der Waals surface area contributed by atoms with E-state index in [1.54, 1.807) is 23.3 Å². The maximum atomic E-state index is 12.7. The van der Waals surface area contributed by atoms with Crippen LogP contribution in [0.15, 0.2) is 29.4 Å². The van der Waals surface area contributed by atoms with E-state index >= 15 is 0 Å². The average Bonchev–Trinajstić information content (AvgIpc) is 3.32. The van der Waals surface area contributed by atoms with Gasteiger partial charge in [-0.15, -0.1) is 21.5 Å². The standard InChI is InChI=1S/C22H28N6O2S2/c1-3-28-18(13-27-12-8-4-5-11-20(27)29)24-25-22(28)31-15-21(30)26(2)14-19-23-16-9-6-7-10-17(16)32-19/h6-7,9-10H,3-5,8,11-15H2,1-2H3. The van der Waals surface area contributed by atoms with Crippen LogP contribution >= 0.6 is 23.1 Å². The van der Waals surface area contributed by atoms with Crippen molar-refractivity contribution in [2.24, 2.45) is 0 Å². The number of aromatic nitrogens is 4. The van der Waals surface area contributed by atoms with E-state index in [9.17, 15) is 9.59 Å². The van der Waals surface area contributed by atoms with Crippen LogP contribution in [0.3, 0.4) is 0 Å². The Morgan fingerprint density at radius 1 is 1.22 bits per heavy atom. The molecule has 2 aromatic heterocycles. The largest absolute Gasteiger partial charge is 0.338 e. The molecule has 1 aromatic carbocycles. The number of thioether (sulfide) groups is 1. The first kappa shape index (κ1) is 22.7. The Balaban J connectivity index is 1.35. The first-order valence-corrected chi connectivity index (χ1v) is 12.8. The summed E-state index contributed by atoms with van der Waals surface area (Å²) in [6.45, 7) is 4.46. The van der Waals surface area contributed by atoms with E-state index in [0.29, 0.717) is 31.2 Å². The van der Waals surface area contributed by atoms with Gasteiger partial charge < -0.3 is 14.4 Å². The van der Waals surface area contributed by atoms with Crippen molar-refractivity contribution in [3.05, 3.63) is 35.1 Å². The second-order valence-electron chi connectivity index (χ2n) is 7.88. The Morgan fingerprint density at radius 3 is 2.88 bits per heavy atom. The van der Waals surface area contributed by atoms with E-state index in [1.165, 1.54) is 11.8 Å². The minimum absolute atomic E-state index is 0.0177. The van der Waals surface area contributed by atoms with Gasteiger partial charge in [0.25, 0.3) is 0 Å². The number of hydrogen-bond donors (Lipinski definition) is 0. The summed E-state index contributed by atoms with van der Waals surface area (Å²) in [7, 11) is 1.80. The van der Waals surface area contributed by atoms with Gasteiger partial charge in [0, 0.05) is 26.6 Å². The van der Waals surface area contributed by atoms with E-state index in [2.05, 4.69) is 15.2 Å². The van der Waals surface area contributed by atoms with E-state index in [4.69, 9.17) is 0 Å². The first-order valence-electron chi connectivity index (χ1n) is 11.0. The summed E-state index contributed by atoms with van der Waals surface area (Å²) in [6, 6.07) is 8.00. The zero-order valence-electron chi connectivity index (χ0n) is 18.5. The quantitative estimate of drug-likeness (QED) is 0.466. The molecule has 10 heteroatoms. The predicted molar refractivity (Wildman–Crippen MR) is 126 cm³/mol. The number of nitrogens with zero attached hydrogens (tertiary/aromatic N) is 6. The molecule has 0 N–H and O–H groups in total. The third-order valence-corrected chi connectivity index (χ3v) is 7.55. The highest BCUT2D eigenvalue weighted by Crippen LogP contribution is 2.23. The molecule has 1 fully saturated rings. The van der Waals surface area contributed by atoms with Crippen molar-refractivity contribution in [2.45, 2.75) is 57.4 Å². The predicted octanol–water partition coefficient (Wildman–Crippen LogP) is 3.56. The van der Waals surface area contributed by atoms with Crippen molar-refractivity contribution in [3.63, 3.8) is 0 Å². The topological polar surface area (TPSA) is 84.2 Å². The third-order valence-electron chi connectivity index (χ3n) is 5.57. The summed E-state index contributed by atoms with van der Waals surface area (Å²) in [4.78, 5) is 33.2. The molecule has 0 spiro atoms. The SMILES string of the molecule is CCn1c(CN2CCCCCC2=O)nnc1SCC(=O)N(C)Cc1nc2ccccc2s1. The number of hydrogen-bond acceptors (Lipinski definition) is 7. The van der Waals surface area contributed by atoms with Gasteiger partial charge in [0.1, 0.15) is 5.01 Å². The number of fused-ring (bicyclic) bond motifs is 1. The second kappa shape index (κ2) is 10.4. The van der Waals surface area contributed by atoms with E-state index in [0.717, 1.165) is 46.9 Å². The van der Waals surface area contributed by atoms with E-state index in [1.807, 2.05) is 40.7 Å². The van der Waals surface area contributed by atoms with Gasteiger partial charge in [-0.1, -0.05) is 30.3 Å². The smallest absolute Gasteiger partial charge is 0.233 e. The zero-order valence-corrected chi connectivity index (χ0v) is 20.1. The van der Waals surface area contributed by atoms with Crippen molar-refractivity contribution < 1.29 is 9.59 Å². The normalized spacial score (nSPS) is 14.7. The third kappa shape index (κ3) is 5.29. The van der Waals surface area contributed by atoms with Crippen LogP contribution in [0, 0.1) is 0 Å². The Labute approximate surface area is 196 Å². The molecule has 0 saturated carbocycles. The minimum atomic E-state index is 0.0177. The lowest BCUT2D eigenvalue weighted by atomic mass is 10.2. The Morgan fingerprint density at radius 2 is 2.06 bits per heavy atom. The first-order chi connectivity index (χ1) is 15.5. The van der Waals surface area contributed by atoms with Gasteiger partial charge in [-0.25, -0.2) is 4.98 Å². The van der Waals surface area contributed by atoms with E-state index in [-0.39, 0.29) is 17.6 Å². The molecule has 1 saturated heterocycles. The highest BCUT2D eigenvalue weighted by atomic mass is 32.2. The fourth-order valence-corrected chi connectivity index (χ4v) is 5.73. The molecule has 32 heavy (non-hydrogen) atoms. The van der Waals surface area contributed by atoms with Crippen LogP contribution in [0.25, 0.3) is 10.2 Å². The summed E-state index contributed by atoms with van der Waals surface area (Å²) in [6.07, 6.45) is 3.69. The molecule has 170 valence electrons. The van der Waals surface area contributed by atoms with Crippen molar-refractivity contribution in [1.29, 1.82) is 0 Å². The molecule has 0 atom stereocenters. The van der Waals surface area contributed by atoms with Crippen molar-refractivity contribution in [2.75, 3.05) is 19.3 Å². The van der Waals surface area contributed by atoms with Gasteiger partial charge in [-0.3, -0.25) is 9.59 Å². The van der Waals surface area contributed by atoms with Crippen LogP contribution in [0.1, 0.15) is 43.4 Å². The summed E-state index contributed by atoms with van der Waals surface area (Å²) < 4.78 is 3.13. The Kier molecular flexibility index (Phi) is 7.41. The Hall–Kier alpha value is -2.46. The molecule has 3 aromatic rings. The molecular formula is C22H28N6O2S2. The van der Waals surface area contributed by atoms with Gasteiger partial charge in [-0.2, -0.15) is 0 Å². The van der Waals surface area contributed by atoms with Crippen LogP contribution in [-0.4, -0.2) is 60.7 Å². The number of rotatable bonds is 8. The lowest BCUT2D eigenvalue weighted by Gasteiger charge is -2.20. The molecule has 0 radical (unpaired) electrons. The van der Waals surface area contributed by atoms with Crippen molar-refractivity contribution in [3.8, 4) is 0 Å². The number of amides is 2. The van der Waals surface area contributed by atoms with Crippen LogP contribution in [0.5, 0.6) is 0 Å². The average molecular weight is 473 g/mol. The molecule has 2 amide bonds. The van der Waals surface area contributed by atoms with Crippen molar-refractivity contribution in [1.82, 2.24) is 29.5 Å². The summed E-state index contributed by atoms with van der Waals surface area (Å²) >= 11 is 3.00. The fraction of sp³-hybridized carbons (Fsp3) is 0.500. The molecule has 8 nitrogen and oxygen atoms in total. The maximum Gasteiger partial charge on any atom is 0.233 e.